The maximum atomic E-state index is 11.1. The fourth-order valence-electron chi connectivity index (χ4n) is 7.40. The van der Waals surface area contributed by atoms with Gasteiger partial charge >= 0.3 is 0 Å². The highest BCUT2D eigenvalue weighted by atomic mass is 16.6. The van der Waals surface area contributed by atoms with Crippen LogP contribution in [0.1, 0.15) is 58.8 Å². The number of rotatable bonds is 0. The number of fused-ring (bicyclic) bond motifs is 5. The van der Waals surface area contributed by atoms with E-state index in [1.807, 2.05) is 0 Å². The summed E-state index contributed by atoms with van der Waals surface area (Å²) in [4.78, 5) is 0. The van der Waals surface area contributed by atoms with Crippen molar-refractivity contribution in [2.75, 3.05) is 6.61 Å². The summed E-state index contributed by atoms with van der Waals surface area (Å²) >= 11 is 0. The van der Waals surface area contributed by atoms with Crippen molar-refractivity contribution in [1.82, 2.24) is 0 Å². The summed E-state index contributed by atoms with van der Waals surface area (Å²) in [5, 5.41) is 11.1. The van der Waals surface area contributed by atoms with Crippen LogP contribution in [-0.4, -0.2) is 22.9 Å². The van der Waals surface area contributed by atoms with E-state index in [0.29, 0.717) is 11.8 Å². The van der Waals surface area contributed by atoms with Gasteiger partial charge in [-0.2, -0.15) is 0 Å². The van der Waals surface area contributed by atoms with E-state index in [-0.39, 0.29) is 11.0 Å². The van der Waals surface area contributed by atoms with Gasteiger partial charge in [0.15, 0.2) is 0 Å². The zero-order valence-corrected chi connectivity index (χ0v) is 15.1. The molecule has 1 heterocycles. The normalized spacial score (nSPS) is 58.2. The molecule has 1 N–H and O–H groups in total. The largest absolute Gasteiger partial charge is 0.377 e. The average molecular weight is 326 g/mol. The number of aliphatic hydroxyl groups is 1. The summed E-state index contributed by atoms with van der Waals surface area (Å²) in [6, 6.07) is 0. The van der Waals surface area contributed by atoms with Crippen LogP contribution in [0.4, 0.5) is 0 Å². The Morgan fingerprint density at radius 3 is 2.75 bits per heavy atom. The average Bonchev–Trinajstić information content (AvgIpc) is 3.25. The van der Waals surface area contributed by atoms with Gasteiger partial charge in [-0.3, -0.25) is 0 Å². The van der Waals surface area contributed by atoms with Gasteiger partial charge in [0.25, 0.3) is 0 Å². The number of ether oxygens (including phenoxy) is 1. The Morgan fingerprint density at radius 2 is 2.04 bits per heavy atom. The van der Waals surface area contributed by atoms with Gasteiger partial charge in [0.05, 0.1) is 6.61 Å². The molecular weight excluding hydrogens is 296 g/mol. The highest BCUT2D eigenvalue weighted by Crippen LogP contribution is 2.66. The van der Waals surface area contributed by atoms with Gasteiger partial charge in [-0.1, -0.05) is 31.4 Å². The van der Waals surface area contributed by atoms with E-state index in [0.717, 1.165) is 43.6 Å². The predicted octanol–water partition coefficient (Wildman–Crippen LogP) is 3.94. The third-order valence-corrected chi connectivity index (χ3v) is 8.83. The maximum Gasteiger partial charge on any atom is 0.130 e. The van der Waals surface area contributed by atoms with Crippen LogP contribution in [0.5, 0.6) is 0 Å². The topological polar surface area (TPSA) is 32.8 Å². The maximum absolute atomic E-state index is 11.1. The molecule has 2 heteroatoms. The van der Waals surface area contributed by atoms with E-state index in [2.05, 4.69) is 25.8 Å². The third kappa shape index (κ3) is 1.81. The molecule has 5 aliphatic rings. The van der Waals surface area contributed by atoms with E-state index in [1.54, 1.807) is 5.57 Å². The highest BCUT2D eigenvalue weighted by molar-refractivity contribution is 5.29. The first-order valence-corrected chi connectivity index (χ1v) is 9.97. The molecule has 0 bridgehead atoms. The highest BCUT2D eigenvalue weighted by Gasteiger charge is 2.63. The fourth-order valence-corrected chi connectivity index (χ4v) is 7.40. The van der Waals surface area contributed by atoms with Gasteiger partial charge < -0.3 is 9.84 Å². The lowest BCUT2D eigenvalue weighted by Crippen LogP contribution is -2.54. The van der Waals surface area contributed by atoms with E-state index in [4.69, 9.17) is 11.2 Å². The van der Waals surface area contributed by atoms with Crippen molar-refractivity contribution in [2.24, 2.45) is 35.0 Å². The number of hydrogen-bond acceptors (Lipinski definition) is 2. The van der Waals surface area contributed by atoms with Gasteiger partial charge in [-0.05, 0) is 74.5 Å². The smallest absolute Gasteiger partial charge is 0.130 e. The summed E-state index contributed by atoms with van der Waals surface area (Å²) in [6.07, 6.45) is 16.3. The van der Waals surface area contributed by atoms with Gasteiger partial charge in [0.1, 0.15) is 11.2 Å². The zero-order valence-electron chi connectivity index (χ0n) is 15.1. The number of epoxide rings is 1. The van der Waals surface area contributed by atoms with Gasteiger partial charge in [0.2, 0.25) is 0 Å². The van der Waals surface area contributed by atoms with Gasteiger partial charge in [-0.15, -0.1) is 6.42 Å². The van der Waals surface area contributed by atoms with Crippen LogP contribution < -0.4 is 0 Å². The Kier molecular flexibility index (Phi) is 3.02. The minimum atomic E-state index is -0.878. The lowest BCUT2D eigenvalue weighted by molar-refractivity contribution is -0.0986. The Hall–Kier alpha value is -0.780. The molecule has 4 fully saturated rings. The van der Waals surface area contributed by atoms with E-state index < -0.39 is 5.60 Å². The molecule has 2 nitrogen and oxygen atoms in total. The standard InChI is InChI=1S/C22H30O2/c1-4-22(23)10-7-18-19-14(2)11-15-12-21(13-24-21)9-6-16(15)17(19)5-8-20(18,22)3/h1,12,14,16-19,23H,5-11,13H2,2-3H3/t14?,16?,17?,18?,19?,20-,21?,22-/m0/s1. The van der Waals surface area contributed by atoms with Crippen molar-refractivity contribution in [3.63, 3.8) is 0 Å². The number of allylic oxidation sites excluding steroid dienone is 1. The molecule has 3 saturated carbocycles. The number of hydrogen-bond donors (Lipinski definition) is 1. The van der Waals surface area contributed by atoms with Crippen molar-refractivity contribution in [3.05, 3.63) is 11.6 Å². The molecule has 0 aromatic rings. The minimum absolute atomic E-state index is 0.0755. The minimum Gasteiger partial charge on any atom is -0.377 e. The third-order valence-electron chi connectivity index (χ3n) is 8.83. The molecule has 5 rings (SSSR count). The second-order valence-corrected chi connectivity index (χ2v) is 9.75. The second-order valence-electron chi connectivity index (χ2n) is 9.75. The van der Waals surface area contributed by atoms with Crippen molar-refractivity contribution >= 4 is 0 Å². The zero-order chi connectivity index (χ0) is 16.7. The first kappa shape index (κ1) is 15.5. The van der Waals surface area contributed by atoms with E-state index in [1.165, 1.54) is 25.7 Å². The van der Waals surface area contributed by atoms with Gasteiger partial charge in [0, 0.05) is 5.41 Å². The molecule has 8 atom stereocenters. The predicted molar refractivity (Wildman–Crippen MR) is 94.1 cm³/mol. The molecule has 130 valence electrons. The molecule has 24 heavy (non-hydrogen) atoms. The summed E-state index contributed by atoms with van der Waals surface area (Å²) in [5.41, 5.74) is 0.880. The molecule has 6 unspecified atom stereocenters. The molecule has 1 aliphatic heterocycles. The van der Waals surface area contributed by atoms with Crippen LogP contribution in [0.2, 0.25) is 0 Å². The fraction of sp³-hybridized carbons (Fsp3) is 0.818. The van der Waals surface area contributed by atoms with Crippen LogP contribution >= 0.6 is 0 Å². The lowest BCUT2D eigenvalue weighted by atomic mass is 9.48. The van der Waals surface area contributed by atoms with Crippen LogP contribution in [0.15, 0.2) is 11.6 Å². The summed E-state index contributed by atoms with van der Waals surface area (Å²) in [5.74, 6) is 6.40. The van der Waals surface area contributed by atoms with Gasteiger partial charge in [-0.25, -0.2) is 0 Å². The quantitative estimate of drug-likeness (QED) is 0.415. The number of terminal acetylenes is 1. The van der Waals surface area contributed by atoms with Crippen molar-refractivity contribution in [1.29, 1.82) is 0 Å². The monoisotopic (exact) mass is 326 g/mol. The molecule has 1 saturated heterocycles. The second kappa shape index (κ2) is 4.68. The lowest BCUT2D eigenvalue weighted by Gasteiger charge is -2.57. The van der Waals surface area contributed by atoms with Crippen LogP contribution in [-0.2, 0) is 4.74 Å². The van der Waals surface area contributed by atoms with Crippen LogP contribution in [0, 0.1) is 47.3 Å². The SMILES string of the molecule is C#C[C@]1(O)CCC2C3C(C)CC4=CC5(CCC4C3CC[C@@]21C)CO5. The Balaban J connectivity index is 1.49. The summed E-state index contributed by atoms with van der Waals surface area (Å²) in [7, 11) is 0. The van der Waals surface area contributed by atoms with Crippen LogP contribution in [0.3, 0.4) is 0 Å². The van der Waals surface area contributed by atoms with E-state index in [9.17, 15) is 5.11 Å². The Morgan fingerprint density at radius 1 is 1.25 bits per heavy atom. The molecular formula is C22H30O2. The van der Waals surface area contributed by atoms with Crippen LogP contribution in [0.25, 0.3) is 0 Å². The van der Waals surface area contributed by atoms with Crippen molar-refractivity contribution in [2.45, 2.75) is 70.0 Å². The molecule has 1 spiro atoms. The first-order chi connectivity index (χ1) is 11.4. The Labute approximate surface area is 146 Å². The van der Waals surface area contributed by atoms with Crippen molar-refractivity contribution < 1.29 is 9.84 Å². The molecule has 0 aromatic carbocycles. The van der Waals surface area contributed by atoms with E-state index >= 15 is 0 Å². The molecule has 0 amide bonds. The van der Waals surface area contributed by atoms with Crippen molar-refractivity contribution in [3.8, 4) is 12.3 Å². The summed E-state index contributed by atoms with van der Waals surface area (Å²) < 4.78 is 5.75. The molecule has 0 aromatic heterocycles. The Bertz CT molecular complexity index is 639. The molecule has 0 radical (unpaired) electrons. The first-order valence-electron chi connectivity index (χ1n) is 9.97. The molecule has 4 aliphatic carbocycles. The summed E-state index contributed by atoms with van der Waals surface area (Å²) in [6.45, 7) is 5.68.